The predicted molar refractivity (Wildman–Crippen MR) is 129 cm³/mol. The van der Waals surface area contributed by atoms with Gasteiger partial charge in [0.2, 0.25) is 15.9 Å². The Balaban J connectivity index is 1.18. The number of carbonyl (C=O) groups excluding carboxylic acids is 2. The van der Waals surface area contributed by atoms with Crippen LogP contribution in [0.2, 0.25) is 0 Å². The molecule has 1 saturated heterocycles. The van der Waals surface area contributed by atoms with Gasteiger partial charge in [-0.2, -0.15) is 4.31 Å². The molecular weight excluding hydrogens is 466 g/mol. The first-order valence-electron chi connectivity index (χ1n) is 11.9. The lowest BCUT2D eigenvalue weighted by molar-refractivity contribution is -0.134. The second kappa shape index (κ2) is 7.73. The largest absolute Gasteiger partial charge is 0.449 e. The number of likely N-dealkylation sites (tertiary alicyclic amines) is 1. The standard InChI is InChI=1S/C26H27N3O5S/c1-35(32,33)29-13-7-19(8-14-29)18-2-4-20(5-3-18)25(9-10-25)24(31)28-15-11-26(17-28)22-6-12-27-16-21(22)23(30)34-26/h2-7,12,16H,8-11,13-15,17H2,1H3. The molecule has 4 heterocycles. The molecule has 1 spiro atoms. The fraction of sp³-hybridized carbons (Fsp3) is 0.423. The first-order chi connectivity index (χ1) is 16.7. The van der Waals surface area contributed by atoms with E-state index in [1.54, 1.807) is 12.4 Å². The van der Waals surface area contributed by atoms with E-state index in [-0.39, 0.29) is 11.9 Å². The van der Waals surface area contributed by atoms with E-state index in [4.69, 9.17) is 4.74 Å². The smallest absolute Gasteiger partial charge is 0.341 e. The number of pyridine rings is 1. The summed E-state index contributed by atoms with van der Waals surface area (Å²) in [5.41, 5.74) is 3.25. The van der Waals surface area contributed by atoms with Crippen LogP contribution in [0.1, 0.15) is 52.7 Å². The molecule has 1 aliphatic carbocycles. The molecule has 1 unspecified atom stereocenters. The lowest BCUT2D eigenvalue weighted by atomic mass is 9.91. The predicted octanol–water partition coefficient (Wildman–Crippen LogP) is 2.46. The Morgan fingerprint density at radius 1 is 1.09 bits per heavy atom. The van der Waals surface area contributed by atoms with Gasteiger partial charge in [0.25, 0.3) is 0 Å². The van der Waals surface area contributed by atoms with E-state index in [1.807, 2.05) is 41.3 Å². The van der Waals surface area contributed by atoms with Gasteiger partial charge < -0.3 is 9.64 Å². The Morgan fingerprint density at radius 3 is 2.51 bits per heavy atom. The minimum atomic E-state index is -3.18. The maximum absolute atomic E-state index is 13.7. The third-order valence-electron chi connectivity index (χ3n) is 7.95. The van der Waals surface area contributed by atoms with Crippen LogP contribution in [-0.4, -0.2) is 66.9 Å². The van der Waals surface area contributed by atoms with Crippen LogP contribution >= 0.6 is 0 Å². The summed E-state index contributed by atoms with van der Waals surface area (Å²) >= 11 is 0. The van der Waals surface area contributed by atoms with Gasteiger partial charge in [-0.3, -0.25) is 9.78 Å². The van der Waals surface area contributed by atoms with E-state index < -0.39 is 21.0 Å². The lowest BCUT2D eigenvalue weighted by Gasteiger charge is -2.27. The number of ether oxygens (including phenoxy) is 1. The van der Waals surface area contributed by atoms with Crippen LogP contribution in [-0.2, 0) is 30.6 Å². The molecule has 0 N–H and O–H groups in total. The zero-order valence-corrected chi connectivity index (χ0v) is 20.4. The highest BCUT2D eigenvalue weighted by Gasteiger charge is 2.57. The number of aromatic nitrogens is 1. The second-order valence-corrected chi connectivity index (χ2v) is 12.0. The summed E-state index contributed by atoms with van der Waals surface area (Å²) in [4.78, 5) is 31.9. The Labute approximate surface area is 204 Å². The molecule has 1 saturated carbocycles. The minimum absolute atomic E-state index is 0.0985. The van der Waals surface area contributed by atoms with Gasteiger partial charge in [0.1, 0.15) is 0 Å². The molecule has 182 valence electrons. The minimum Gasteiger partial charge on any atom is -0.449 e. The molecule has 1 aromatic heterocycles. The number of nitrogens with zero attached hydrogens (tertiary/aromatic N) is 3. The molecule has 3 aliphatic heterocycles. The first kappa shape index (κ1) is 22.4. The summed E-state index contributed by atoms with van der Waals surface area (Å²) in [7, 11) is -3.18. The number of rotatable bonds is 4. The van der Waals surface area contributed by atoms with Crippen LogP contribution < -0.4 is 0 Å². The summed E-state index contributed by atoms with van der Waals surface area (Å²) in [6.45, 7) is 1.80. The fourth-order valence-corrected chi connectivity index (χ4v) is 6.54. The van der Waals surface area contributed by atoms with Crippen molar-refractivity contribution in [3.05, 3.63) is 71.1 Å². The first-order valence-corrected chi connectivity index (χ1v) is 13.8. The Kier molecular flexibility index (Phi) is 4.95. The number of hydrogen-bond acceptors (Lipinski definition) is 6. The topological polar surface area (TPSA) is 96.9 Å². The van der Waals surface area contributed by atoms with E-state index in [0.717, 1.165) is 35.1 Å². The Hall–Kier alpha value is -3.04. The van der Waals surface area contributed by atoms with Crippen LogP contribution in [0.5, 0.6) is 0 Å². The summed E-state index contributed by atoms with van der Waals surface area (Å²) in [6.07, 6.45) is 9.29. The average Bonchev–Trinajstić information content (AvgIpc) is 3.49. The molecule has 6 rings (SSSR count). The van der Waals surface area contributed by atoms with Crippen molar-refractivity contribution in [2.75, 3.05) is 32.4 Å². The van der Waals surface area contributed by atoms with Crippen LogP contribution in [0.4, 0.5) is 0 Å². The fourth-order valence-electron chi connectivity index (χ4n) is 5.77. The summed E-state index contributed by atoms with van der Waals surface area (Å²) in [6, 6.07) is 9.98. The van der Waals surface area contributed by atoms with E-state index >= 15 is 0 Å². The number of fused-ring (bicyclic) bond motifs is 2. The molecule has 8 nitrogen and oxygen atoms in total. The van der Waals surface area contributed by atoms with Crippen molar-refractivity contribution < 1.29 is 22.7 Å². The third-order valence-corrected chi connectivity index (χ3v) is 9.22. The van der Waals surface area contributed by atoms with Crippen molar-refractivity contribution in [1.82, 2.24) is 14.2 Å². The highest BCUT2D eigenvalue weighted by Crippen LogP contribution is 2.52. The van der Waals surface area contributed by atoms with Crippen molar-refractivity contribution in [1.29, 1.82) is 0 Å². The number of sulfonamides is 1. The normalized spacial score (nSPS) is 25.3. The second-order valence-electron chi connectivity index (χ2n) is 10.0. The molecule has 0 radical (unpaired) electrons. The summed E-state index contributed by atoms with van der Waals surface area (Å²) in [5.74, 6) is -0.267. The lowest BCUT2D eigenvalue weighted by Crippen LogP contribution is -2.40. The van der Waals surface area contributed by atoms with E-state index in [2.05, 4.69) is 4.98 Å². The number of benzene rings is 1. The van der Waals surface area contributed by atoms with Gasteiger partial charge in [-0.05, 0) is 42.0 Å². The quantitative estimate of drug-likeness (QED) is 0.607. The Bertz CT molecular complexity index is 1360. The van der Waals surface area contributed by atoms with E-state index in [9.17, 15) is 18.0 Å². The third kappa shape index (κ3) is 3.60. The van der Waals surface area contributed by atoms with Gasteiger partial charge in [-0.15, -0.1) is 0 Å². The van der Waals surface area contributed by atoms with Gasteiger partial charge in [0.05, 0.1) is 23.8 Å². The molecule has 0 bridgehead atoms. The molecule has 9 heteroatoms. The molecule has 2 aromatic rings. The molecule has 1 atom stereocenters. The van der Waals surface area contributed by atoms with Crippen LogP contribution in [0.15, 0.2) is 48.8 Å². The molecule has 4 aliphatic rings. The SMILES string of the molecule is CS(=O)(=O)N1CC=C(c2ccc(C3(C(=O)N4CCC5(C4)OC(=O)c4cnccc45)CC3)cc2)CC1. The zero-order chi connectivity index (χ0) is 24.4. The monoisotopic (exact) mass is 493 g/mol. The van der Waals surface area contributed by atoms with Crippen molar-refractivity contribution in [2.45, 2.75) is 36.7 Å². The van der Waals surface area contributed by atoms with Crippen LogP contribution in [0.25, 0.3) is 5.57 Å². The van der Waals surface area contributed by atoms with Crippen molar-refractivity contribution in [3.8, 4) is 0 Å². The average molecular weight is 494 g/mol. The van der Waals surface area contributed by atoms with Crippen molar-refractivity contribution >= 4 is 27.5 Å². The number of amides is 1. The molecule has 1 aromatic carbocycles. The number of hydrogen-bond donors (Lipinski definition) is 0. The van der Waals surface area contributed by atoms with Gasteiger partial charge in [0, 0.05) is 44.0 Å². The highest BCUT2D eigenvalue weighted by atomic mass is 32.2. The van der Waals surface area contributed by atoms with Crippen LogP contribution in [0.3, 0.4) is 0 Å². The van der Waals surface area contributed by atoms with Gasteiger partial charge in [-0.25, -0.2) is 13.2 Å². The van der Waals surface area contributed by atoms with E-state index in [1.165, 1.54) is 10.6 Å². The summed E-state index contributed by atoms with van der Waals surface area (Å²) < 4.78 is 30.8. The maximum Gasteiger partial charge on any atom is 0.341 e. The van der Waals surface area contributed by atoms with Crippen molar-refractivity contribution in [2.24, 2.45) is 0 Å². The molecule has 2 fully saturated rings. The molecule has 1 amide bonds. The molecular formula is C26H27N3O5S. The Morgan fingerprint density at radius 2 is 1.86 bits per heavy atom. The number of esters is 1. The number of carbonyl (C=O) groups is 2. The molecule has 35 heavy (non-hydrogen) atoms. The van der Waals surface area contributed by atoms with Gasteiger partial charge in [-0.1, -0.05) is 30.3 Å². The zero-order valence-electron chi connectivity index (χ0n) is 19.6. The van der Waals surface area contributed by atoms with E-state index in [0.29, 0.717) is 44.6 Å². The van der Waals surface area contributed by atoms with Crippen molar-refractivity contribution in [3.63, 3.8) is 0 Å². The summed E-state index contributed by atoms with van der Waals surface area (Å²) in [5, 5.41) is 0. The van der Waals surface area contributed by atoms with Gasteiger partial charge >= 0.3 is 5.97 Å². The highest BCUT2D eigenvalue weighted by molar-refractivity contribution is 7.88. The maximum atomic E-state index is 13.7. The van der Waals surface area contributed by atoms with Gasteiger partial charge in [0.15, 0.2) is 5.60 Å². The van der Waals surface area contributed by atoms with Crippen LogP contribution in [0, 0.1) is 0 Å².